The Kier molecular flexibility index (Phi) is 4.05. The predicted octanol–water partition coefficient (Wildman–Crippen LogP) is 5.19. The molecule has 1 aromatic carbocycles. The van der Waals surface area contributed by atoms with Gasteiger partial charge in [0.05, 0.1) is 20.2 Å². The Hall–Kier alpha value is -1.31. The van der Waals surface area contributed by atoms with Crippen LogP contribution in [0.2, 0.25) is 0 Å². The summed E-state index contributed by atoms with van der Waals surface area (Å²) >= 11 is 8.56. The number of hydrogen-bond donors (Lipinski definition) is 1. The second-order valence-electron chi connectivity index (χ2n) is 4.24. The highest BCUT2D eigenvalue weighted by atomic mass is 79.9. The molecule has 0 saturated carbocycles. The van der Waals surface area contributed by atoms with E-state index in [0.717, 1.165) is 30.0 Å². The first-order chi connectivity index (χ1) is 10.1. The van der Waals surface area contributed by atoms with Gasteiger partial charge >= 0.3 is 0 Å². The molecule has 3 aromatic rings. The first-order valence-electron chi connectivity index (χ1n) is 5.95. The first kappa shape index (κ1) is 14.6. The van der Waals surface area contributed by atoms with Gasteiger partial charge in [0.15, 0.2) is 11.6 Å². The molecule has 7 heteroatoms. The third kappa shape index (κ3) is 2.73. The van der Waals surface area contributed by atoms with Crippen LogP contribution in [0, 0.1) is 0 Å². The largest absolute Gasteiger partial charge is 0.497 e. The number of nitrogens with two attached hydrogens (primary N) is 1. The molecule has 0 aliphatic carbocycles. The Labute approximate surface area is 142 Å². The molecule has 2 N–H and O–H groups in total. The molecule has 2 aromatic heterocycles. The second-order valence-corrected chi connectivity index (χ2v) is 7.99. The maximum Gasteiger partial charge on any atom is 0.178 e. The van der Waals surface area contributed by atoms with Crippen LogP contribution in [0.5, 0.6) is 5.75 Å². The van der Waals surface area contributed by atoms with Crippen molar-refractivity contribution in [2.75, 3.05) is 12.8 Å². The molecule has 0 aliphatic heterocycles. The summed E-state index contributed by atoms with van der Waals surface area (Å²) in [6.07, 6.45) is 0. The van der Waals surface area contributed by atoms with Crippen LogP contribution in [0.15, 0.2) is 42.4 Å². The van der Waals surface area contributed by atoms with E-state index in [4.69, 9.17) is 15.0 Å². The normalized spacial score (nSPS) is 10.8. The van der Waals surface area contributed by atoms with Gasteiger partial charge < -0.3 is 15.0 Å². The summed E-state index contributed by atoms with van der Waals surface area (Å²) in [5, 5.41) is 3.91. The Balaban J connectivity index is 2.19. The minimum Gasteiger partial charge on any atom is -0.497 e. The SMILES string of the molecule is COc1cccc(-c2c(N)noc2-c2cc(Br)sc2Br)c1. The lowest BCUT2D eigenvalue weighted by molar-refractivity contribution is 0.415. The summed E-state index contributed by atoms with van der Waals surface area (Å²) in [6, 6.07) is 9.61. The van der Waals surface area contributed by atoms with Gasteiger partial charge in [-0.3, -0.25) is 0 Å². The number of thiophene rings is 1. The Morgan fingerprint density at radius 3 is 2.76 bits per heavy atom. The van der Waals surface area contributed by atoms with Crippen LogP contribution in [0.25, 0.3) is 22.5 Å². The van der Waals surface area contributed by atoms with Crippen molar-refractivity contribution < 1.29 is 9.26 Å². The molecule has 0 fully saturated rings. The fourth-order valence-corrected chi connectivity index (χ4v) is 4.83. The maximum atomic E-state index is 5.99. The van der Waals surface area contributed by atoms with Crippen LogP contribution in [0.4, 0.5) is 5.82 Å². The van der Waals surface area contributed by atoms with Crippen molar-refractivity contribution in [1.82, 2.24) is 5.16 Å². The van der Waals surface area contributed by atoms with Gasteiger partial charge in [-0.05, 0) is 55.6 Å². The van der Waals surface area contributed by atoms with Crippen molar-refractivity contribution in [3.8, 4) is 28.2 Å². The van der Waals surface area contributed by atoms with Gasteiger partial charge in [-0.15, -0.1) is 11.3 Å². The molecule has 21 heavy (non-hydrogen) atoms. The quantitative estimate of drug-likeness (QED) is 0.622. The molecule has 0 bridgehead atoms. The zero-order valence-electron chi connectivity index (χ0n) is 10.9. The average Bonchev–Trinajstić information content (AvgIpc) is 3.01. The molecule has 0 aliphatic rings. The number of anilines is 1. The number of nitrogens with zero attached hydrogens (tertiary/aromatic N) is 1. The summed E-state index contributed by atoms with van der Waals surface area (Å²) in [6.45, 7) is 0. The molecule has 0 amide bonds. The molecule has 4 nitrogen and oxygen atoms in total. The van der Waals surface area contributed by atoms with Crippen molar-refractivity contribution in [1.29, 1.82) is 0 Å². The predicted molar refractivity (Wildman–Crippen MR) is 91.6 cm³/mol. The smallest absolute Gasteiger partial charge is 0.178 e. The van der Waals surface area contributed by atoms with Gasteiger partial charge in [-0.25, -0.2) is 0 Å². The summed E-state index contributed by atoms with van der Waals surface area (Å²) in [5.41, 5.74) is 8.56. The number of aromatic nitrogens is 1. The minimum absolute atomic E-state index is 0.354. The number of hydrogen-bond acceptors (Lipinski definition) is 5. The molecular weight excluding hydrogens is 420 g/mol. The zero-order valence-corrected chi connectivity index (χ0v) is 14.9. The summed E-state index contributed by atoms with van der Waals surface area (Å²) in [7, 11) is 1.63. The van der Waals surface area contributed by atoms with Crippen LogP contribution < -0.4 is 10.5 Å². The van der Waals surface area contributed by atoms with E-state index in [1.165, 1.54) is 0 Å². The standard InChI is InChI=1S/C14H10Br2N2O2S/c1-19-8-4-2-3-7(5-8)11-12(20-18-14(11)17)9-6-10(15)21-13(9)16/h2-6H,1H3,(H2,17,18). The minimum atomic E-state index is 0.354. The maximum absolute atomic E-state index is 5.99. The number of rotatable bonds is 3. The first-order valence-corrected chi connectivity index (χ1v) is 8.35. The Bertz CT molecular complexity index is 798. The van der Waals surface area contributed by atoms with Gasteiger partial charge in [0, 0.05) is 5.56 Å². The van der Waals surface area contributed by atoms with E-state index in [9.17, 15) is 0 Å². The van der Waals surface area contributed by atoms with Gasteiger partial charge in [-0.1, -0.05) is 17.3 Å². The van der Waals surface area contributed by atoms with E-state index in [2.05, 4.69) is 37.0 Å². The topological polar surface area (TPSA) is 61.3 Å². The van der Waals surface area contributed by atoms with Crippen molar-refractivity contribution in [2.24, 2.45) is 0 Å². The molecule has 0 atom stereocenters. The molecule has 0 saturated heterocycles. The lowest BCUT2D eigenvalue weighted by atomic mass is 10.0. The highest BCUT2D eigenvalue weighted by Gasteiger charge is 2.21. The fourth-order valence-electron chi connectivity index (χ4n) is 2.04. The lowest BCUT2D eigenvalue weighted by Crippen LogP contribution is -1.90. The van der Waals surface area contributed by atoms with Gasteiger partial charge in [0.2, 0.25) is 0 Å². The fraction of sp³-hybridized carbons (Fsp3) is 0.0714. The third-order valence-electron chi connectivity index (χ3n) is 2.98. The van der Waals surface area contributed by atoms with Crippen molar-refractivity contribution >= 4 is 49.0 Å². The van der Waals surface area contributed by atoms with Gasteiger partial charge in [0.25, 0.3) is 0 Å². The van der Waals surface area contributed by atoms with E-state index in [1.807, 2.05) is 30.3 Å². The van der Waals surface area contributed by atoms with E-state index >= 15 is 0 Å². The highest BCUT2D eigenvalue weighted by Crippen LogP contribution is 2.44. The summed E-state index contributed by atoms with van der Waals surface area (Å²) in [5.74, 6) is 1.74. The molecular formula is C14H10Br2N2O2S. The van der Waals surface area contributed by atoms with Gasteiger partial charge in [0.1, 0.15) is 5.75 Å². The number of benzene rings is 1. The van der Waals surface area contributed by atoms with Crippen LogP contribution >= 0.6 is 43.2 Å². The zero-order chi connectivity index (χ0) is 15.0. The van der Waals surface area contributed by atoms with Crippen molar-refractivity contribution in [2.45, 2.75) is 0 Å². The summed E-state index contributed by atoms with van der Waals surface area (Å²) in [4.78, 5) is 0. The number of ether oxygens (including phenoxy) is 1. The lowest BCUT2D eigenvalue weighted by Gasteiger charge is -2.05. The van der Waals surface area contributed by atoms with E-state index in [-0.39, 0.29) is 0 Å². The summed E-state index contributed by atoms with van der Waals surface area (Å²) < 4.78 is 12.7. The van der Waals surface area contributed by atoms with Crippen molar-refractivity contribution in [3.63, 3.8) is 0 Å². The van der Waals surface area contributed by atoms with Gasteiger partial charge in [-0.2, -0.15) is 0 Å². The number of halogens is 2. The Morgan fingerprint density at radius 2 is 2.10 bits per heavy atom. The van der Waals surface area contributed by atoms with E-state index in [0.29, 0.717) is 11.6 Å². The molecule has 108 valence electrons. The van der Waals surface area contributed by atoms with Crippen LogP contribution in [-0.2, 0) is 0 Å². The average molecular weight is 430 g/mol. The van der Waals surface area contributed by atoms with Crippen LogP contribution in [0.3, 0.4) is 0 Å². The molecule has 0 unspecified atom stereocenters. The monoisotopic (exact) mass is 428 g/mol. The molecule has 2 heterocycles. The number of methoxy groups -OCH3 is 1. The molecule has 3 rings (SSSR count). The Morgan fingerprint density at radius 1 is 1.29 bits per heavy atom. The number of nitrogen functional groups attached to an aromatic ring is 1. The third-order valence-corrected chi connectivity index (χ3v) is 5.32. The van der Waals surface area contributed by atoms with Crippen molar-refractivity contribution in [3.05, 3.63) is 37.9 Å². The highest BCUT2D eigenvalue weighted by molar-refractivity contribution is 9.12. The molecule has 0 spiro atoms. The van der Waals surface area contributed by atoms with Crippen LogP contribution in [0.1, 0.15) is 0 Å². The van der Waals surface area contributed by atoms with Crippen LogP contribution in [-0.4, -0.2) is 12.3 Å². The van der Waals surface area contributed by atoms with E-state index in [1.54, 1.807) is 18.4 Å². The second kappa shape index (κ2) is 5.82. The molecule has 0 radical (unpaired) electrons. The van der Waals surface area contributed by atoms with E-state index < -0.39 is 0 Å².